The van der Waals surface area contributed by atoms with Crippen molar-refractivity contribution in [3.05, 3.63) is 87.0 Å². The Labute approximate surface area is 230 Å². The smallest absolute Gasteiger partial charge is 0.238 e. The van der Waals surface area contributed by atoms with Gasteiger partial charge < -0.3 is 9.84 Å². The zero-order valence-corrected chi connectivity index (χ0v) is 22.4. The molecule has 2 aromatic carbocycles. The normalized spacial score (nSPS) is 26.2. The highest BCUT2D eigenvalue weighted by Crippen LogP contribution is 2.57. The molecule has 4 unspecified atom stereocenters. The van der Waals surface area contributed by atoms with Crippen molar-refractivity contribution in [2.45, 2.75) is 32.6 Å². The average molecular weight is 544 g/mol. The van der Waals surface area contributed by atoms with E-state index < -0.39 is 23.7 Å². The van der Waals surface area contributed by atoms with Gasteiger partial charge in [-0.05, 0) is 68.5 Å². The fourth-order valence-corrected chi connectivity index (χ4v) is 6.86. The number of benzene rings is 2. The molecule has 4 aliphatic rings. The van der Waals surface area contributed by atoms with Crippen molar-refractivity contribution in [2.24, 2.45) is 17.8 Å². The van der Waals surface area contributed by atoms with Crippen LogP contribution in [-0.4, -0.2) is 35.6 Å². The van der Waals surface area contributed by atoms with Gasteiger partial charge in [-0.3, -0.25) is 19.2 Å². The Balaban J connectivity index is 1.52. The lowest BCUT2D eigenvalue weighted by atomic mass is 9.59. The molecule has 3 aliphatic carbocycles. The molecule has 0 saturated carbocycles. The maximum atomic E-state index is 14.0. The van der Waals surface area contributed by atoms with Crippen molar-refractivity contribution in [1.82, 2.24) is 0 Å². The van der Waals surface area contributed by atoms with Crippen molar-refractivity contribution in [3.8, 4) is 11.5 Å². The number of Topliss-reactive ketones (excluding diaryl/α,β-unsaturated/α-hetero) is 1. The summed E-state index contributed by atoms with van der Waals surface area (Å²) >= 11 is 6.33. The minimum Gasteiger partial charge on any atom is -0.507 e. The van der Waals surface area contributed by atoms with Gasteiger partial charge in [-0.25, -0.2) is 4.90 Å². The molecule has 6 rings (SSSR count). The monoisotopic (exact) mass is 543 g/mol. The summed E-state index contributed by atoms with van der Waals surface area (Å²) in [4.78, 5) is 55.6. The van der Waals surface area contributed by atoms with Gasteiger partial charge in [0.15, 0.2) is 11.6 Å². The number of nitrogens with zero attached hydrogens (tertiary/aromatic N) is 1. The Morgan fingerprint density at radius 2 is 1.79 bits per heavy atom. The SMILES string of the molecule is COc1cccc(O)c1C1C2=CCC3C(=O)N(c4ccc(C)c(Cl)c4)C(=O)C3C2CC2=C1C(=O)C=C(C)C2=O. The second-order valence-corrected chi connectivity index (χ2v) is 11.0. The maximum absolute atomic E-state index is 14.0. The van der Waals surface area contributed by atoms with Crippen LogP contribution in [0.15, 0.2) is 70.8 Å². The third-order valence-corrected chi connectivity index (χ3v) is 8.93. The van der Waals surface area contributed by atoms with Gasteiger partial charge in [0.05, 0.1) is 24.6 Å². The summed E-state index contributed by atoms with van der Waals surface area (Å²) in [6, 6.07) is 9.93. The summed E-state index contributed by atoms with van der Waals surface area (Å²) in [5.41, 5.74) is 3.31. The molecule has 2 aromatic rings. The predicted molar refractivity (Wildman–Crippen MR) is 145 cm³/mol. The minimum atomic E-state index is -0.789. The van der Waals surface area contributed by atoms with E-state index in [1.54, 1.807) is 37.3 Å². The van der Waals surface area contributed by atoms with E-state index in [0.717, 1.165) is 11.1 Å². The number of carbonyl (C=O) groups is 4. The molecule has 7 nitrogen and oxygen atoms in total. The van der Waals surface area contributed by atoms with Crippen LogP contribution in [-0.2, 0) is 19.2 Å². The van der Waals surface area contributed by atoms with Gasteiger partial charge >= 0.3 is 0 Å². The highest BCUT2D eigenvalue weighted by Gasteiger charge is 2.57. The number of aryl methyl sites for hydroxylation is 1. The summed E-state index contributed by atoms with van der Waals surface area (Å²) in [6.45, 7) is 3.44. The number of ether oxygens (including phenoxy) is 1. The zero-order valence-electron chi connectivity index (χ0n) is 21.7. The van der Waals surface area contributed by atoms with Crippen LogP contribution < -0.4 is 9.64 Å². The first-order valence-electron chi connectivity index (χ1n) is 12.8. The molecule has 0 radical (unpaired) electrons. The molecule has 0 aromatic heterocycles. The minimum absolute atomic E-state index is 0.0776. The topological polar surface area (TPSA) is 101 Å². The summed E-state index contributed by atoms with van der Waals surface area (Å²) in [6.07, 6.45) is 3.70. The number of anilines is 1. The first-order valence-corrected chi connectivity index (χ1v) is 13.2. The van der Waals surface area contributed by atoms with Crippen molar-refractivity contribution in [2.75, 3.05) is 12.0 Å². The van der Waals surface area contributed by atoms with Gasteiger partial charge in [0.2, 0.25) is 11.8 Å². The molecule has 0 bridgehead atoms. The van der Waals surface area contributed by atoms with E-state index in [1.807, 2.05) is 13.0 Å². The maximum Gasteiger partial charge on any atom is 0.238 e. The lowest BCUT2D eigenvalue weighted by Gasteiger charge is -2.42. The molecule has 1 aliphatic heterocycles. The first-order chi connectivity index (χ1) is 18.6. The Morgan fingerprint density at radius 3 is 2.51 bits per heavy atom. The molecule has 1 N–H and O–H groups in total. The number of halogens is 1. The van der Waals surface area contributed by atoms with Crippen LogP contribution in [0.2, 0.25) is 5.02 Å². The summed E-state index contributed by atoms with van der Waals surface area (Å²) in [7, 11) is 1.47. The number of phenols is 1. The number of allylic oxidation sites excluding steroid dienone is 6. The van der Waals surface area contributed by atoms with E-state index in [9.17, 15) is 24.3 Å². The van der Waals surface area contributed by atoms with E-state index in [0.29, 0.717) is 45.2 Å². The first kappa shape index (κ1) is 25.3. The van der Waals surface area contributed by atoms with Crippen molar-refractivity contribution >= 4 is 40.7 Å². The van der Waals surface area contributed by atoms with Crippen LogP contribution in [0.4, 0.5) is 5.69 Å². The molecule has 1 fully saturated rings. The third kappa shape index (κ3) is 3.63. The summed E-state index contributed by atoms with van der Waals surface area (Å²) < 4.78 is 5.58. The third-order valence-electron chi connectivity index (χ3n) is 8.53. The summed E-state index contributed by atoms with van der Waals surface area (Å²) in [5.74, 6) is -3.56. The Bertz CT molecular complexity index is 1600. The number of phenolic OH excluding ortho intramolecular Hbond substituents is 1. The number of methoxy groups -OCH3 is 1. The molecule has 1 saturated heterocycles. The van der Waals surface area contributed by atoms with Crippen LogP contribution in [0, 0.1) is 24.7 Å². The second kappa shape index (κ2) is 9.06. The van der Waals surface area contributed by atoms with Crippen molar-refractivity contribution < 1.29 is 29.0 Å². The van der Waals surface area contributed by atoms with Crippen LogP contribution in [0.25, 0.3) is 0 Å². The number of hydrogen-bond donors (Lipinski definition) is 1. The average Bonchev–Trinajstić information content (AvgIpc) is 3.17. The van der Waals surface area contributed by atoms with Crippen molar-refractivity contribution in [3.63, 3.8) is 0 Å². The number of aromatic hydroxyl groups is 1. The van der Waals surface area contributed by atoms with Crippen LogP contribution in [0.3, 0.4) is 0 Å². The zero-order chi connectivity index (χ0) is 27.7. The molecular weight excluding hydrogens is 518 g/mol. The molecule has 0 spiro atoms. The molecular formula is C31H26ClNO6. The van der Waals surface area contributed by atoms with E-state index in [4.69, 9.17) is 16.3 Å². The van der Waals surface area contributed by atoms with E-state index in [2.05, 4.69) is 0 Å². The molecule has 8 heteroatoms. The second-order valence-electron chi connectivity index (χ2n) is 10.6. The van der Waals surface area contributed by atoms with Gasteiger partial charge in [-0.15, -0.1) is 0 Å². The van der Waals surface area contributed by atoms with E-state index in [-0.39, 0.29) is 35.6 Å². The molecule has 1 heterocycles. The van der Waals surface area contributed by atoms with Gasteiger partial charge in [0.25, 0.3) is 0 Å². The summed E-state index contributed by atoms with van der Waals surface area (Å²) in [5, 5.41) is 11.5. The number of rotatable bonds is 3. The van der Waals surface area contributed by atoms with Crippen LogP contribution in [0.1, 0.15) is 36.8 Å². The number of fused-ring (bicyclic) bond motifs is 3. The molecule has 39 heavy (non-hydrogen) atoms. The lowest BCUT2D eigenvalue weighted by Crippen LogP contribution is -2.40. The van der Waals surface area contributed by atoms with Gasteiger partial charge in [-0.1, -0.05) is 35.4 Å². The molecule has 198 valence electrons. The number of imide groups is 1. The fourth-order valence-electron chi connectivity index (χ4n) is 6.69. The van der Waals surface area contributed by atoms with E-state index >= 15 is 0 Å². The highest BCUT2D eigenvalue weighted by atomic mass is 35.5. The van der Waals surface area contributed by atoms with Gasteiger partial charge in [0.1, 0.15) is 11.5 Å². The lowest BCUT2D eigenvalue weighted by molar-refractivity contribution is -0.123. The standard InChI is InChI=1S/C31H26ClNO6/c1-14-7-8-16(12-21(14)32)33-30(37)18-10-9-17-19(25(18)31(33)38)13-20-26(23(35)11-15(2)29(20)36)27(17)28-22(34)5-4-6-24(28)39-3/h4-9,11-12,18-19,25,27,34H,10,13H2,1-3H3. The van der Waals surface area contributed by atoms with Crippen molar-refractivity contribution in [1.29, 1.82) is 0 Å². The molecule has 2 amide bonds. The quantitative estimate of drug-likeness (QED) is 0.332. The van der Waals surface area contributed by atoms with Gasteiger partial charge in [-0.2, -0.15) is 0 Å². The van der Waals surface area contributed by atoms with Crippen LogP contribution >= 0.6 is 11.6 Å². The number of ketones is 2. The van der Waals surface area contributed by atoms with Crippen LogP contribution in [0.5, 0.6) is 11.5 Å². The number of amides is 2. The number of hydrogen-bond acceptors (Lipinski definition) is 6. The fraction of sp³-hybridized carbons (Fsp3) is 0.290. The largest absolute Gasteiger partial charge is 0.507 e. The Hall–Kier alpha value is -3.97. The Morgan fingerprint density at radius 1 is 1.03 bits per heavy atom. The van der Waals surface area contributed by atoms with E-state index in [1.165, 1.54) is 24.2 Å². The number of carbonyl (C=O) groups excluding carboxylic acids is 4. The highest BCUT2D eigenvalue weighted by molar-refractivity contribution is 6.32. The predicted octanol–water partition coefficient (Wildman–Crippen LogP) is 5.00. The Kier molecular flexibility index (Phi) is 5.88. The molecule has 4 atom stereocenters. The van der Waals surface area contributed by atoms with Gasteiger partial charge in [0, 0.05) is 33.2 Å².